The minimum absolute atomic E-state index is 0.401. The molecule has 2 aromatic rings. The van der Waals surface area contributed by atoms with Crippen LogP contribution >= 0.6 is 11.3 Å². The van der Waals surface area contributed by atoms with Crippen LogP contribution in [-0.4, -0.2) is 21.1 Å². The Labute approximate surface area is 106 Å². The fourth-order valence-corrected chi connectivity index (χ4v) is 2.57. The second-order valence-corrected chi connectivity index (χ2v) is 4.87. The van der Waals surface area contributed by atoms with Crippen LogP contribution in [0, 0.1) is 0 Å². The van der Waals surface area contributed by atoms with Crippen molar-refractivity contribution >= 4 is 11.3 Å². The van der Waals surface area contributed by atoms with Gasteiger partial charge in [-0.1, -0.05) is 6.92 Å². The molecule has 0 saturated carbocycles. The molecule has 0 aromatic carbocycles. The molecule has 0 spiro atoms. The Morgan fingerprint density at radius 2 is 2.41 bits per heavy atom. The maximum absolute atomic E-state index is 4.36. The molecule has 5 heteroatoms. The smallest absolute Gasteiger partial charge is 0.109 e. The predicted octanol–water partition coefficient (Wildman–Crippen LogP) is 2.47. The molecule has 17 heavy (non-hydrogen) atoms. The van der Waals surface area contributed by atoms with Gasteiger partial charge in [-0.3, -0.25) is 0 Å². The van der Waals surface area contributed by atoms with Gasteiger partial charge in [-0.2, -0.15) is 0 Å². The predicted molar refractivity (Wildman–Crippen MR) is 70.0 cm³/mol. The standard InChI is InChI=1S/C12H18N4S/c1-2-11(12-15-6-9-17-12)14-4-3-7-16-8-5-13-10-16/h5-6,8-11,14H,2-4,7H2,1H3. The summed E-state index contributed by atoms with van der Waals surface area (Å²) in [5.41, 5.74) is 0. The molecule has 0 amide bonds. The minimum Gasteiger partial charge on any atom is -0.337 e. The van der Waals surface area contributed by atoms with E-state index in [0.717, 1.165) is 25.9 Å². The van der Waals surface area contributed by atoms with Gasteiger partial charge in [0.05, 0.1) is 12.4 Å². The number of aromatic nitrogens is 3. The SMILES string of the molecule is CCC(NCCCn1ccnc1)c1nccs1. The van der Waals surface area contributed by atoms with Gasteiger partial charge in [-0.15, -0.1) is 11.3 Å². The van der Waals surface area contributed by atoms with Crippen molar-refractivity contribution in [2.75, 3.05) is 6.54 Å². The van der Waals surface area contributed by atoms with E-state index in [2.05, 4.69) is 26.8 Å². The zero-order valence-corrected chi connectivity index (χ0v) is 10.9. The molecule has 0 aliphatic heterocycles. The molecule has 92 valence electrons. The molecule has 1 unspecified atom stereocenters. The van der Waals surface area contributed by atoms with Gasteiger partial charge in [0, 0.05) is 30.5 Å². The fraction of sp³-hybridized carbons (Fsp3) is 0.500. The van der Waals surface area contributed by atoms with Gasteiger partial charge in [0.2, 0.25) is 0 Å². The maximum Gasteiger partial charge on any atom is 0.109 e. The van der Waals surface area contributed by atoms with Crippen molar-refractivity contribution < 1.29 is 0 Å². The average Bonchev–Trinajstić information content (AvgIpc) is 3.01. The van der Waals surface area contributed by atoms with Crippen LogP contribution in [0.1, 0.15) is 30.8 Å². The van der Waals surface area contributed by atoms with Crippen LogP contribution in [0.2, 0.25) is 0 Å². The number of nitrogens with zero attached hydrogens (tertiary/aromatic N) is 3. The van der Waals surface area contributed by atoms with Crippen LogP contribution in [0.3, 0.4) is 0 Å². The molecule has 4 nitrogen and oxygen atoms in total. The van der Waals surface area contributed by atoms with Gasteiger partial charge >= 0.3 is 0 Å². The molecule has 2 heterocycles. The Morgan fingerprint density at radius 1 is 1.47 bits per heavy atom. The molecule has 0 aliphatic rings. The zero-order chi connectivity index (χ0) is 11.9. The van der Waals surface area contributed by atoms with Crippen molar-refractivity contribution in [3.63, 3.8) is 0 Å². The van der Waals surface area contributed by atoms with Crippen molar-refractivity contribution in [2.24, 2.45) is 0 Å². The van der Waals surface area contributed by atoms with Gasteiger partial charge < -0.3 is 9.88 Å². The van der Waals surface area contributed by atoms with Crippen molar-refractivity contribution in [1.82, 2.24) is 19.9 Å². The second kappa shape index (κ2) is 6.51. The van der Waals surface area contributed by atoms with Crippen molar-refractivity contribution in [3.8, 4) is 0 Å². The van der Waals surface area contributed by atoms with E-state index >= 15 is 0 Å². The lowest BCUT2D eigenvalue weighted by Crippen LogP contribution is -2.22. The monoisotopic (exact) mass is 250 g/mol. The van der Waals surface area contributed by atoms with E-state index in [0.29, 0.717) is 6.04 Å². The highest BCUT2D eigenvalue weighted by Gasteiger charge is 2.10. The summed E-state index contributed by atoms with van der Waals surface area (Å²) in [6.07, 6.45) is 9.74. The van der Waals surface area contributed by atoms with Gasteiger partial charge in [0.25, 0.3) is 0 Å². The van der Waals surface area contributed by atoms with E-state index < -0.39 is 0 Å². The lowest BCUT2D eigenvalue weighted by molar-refractivity contribution is 0.489. The second-order valence-electron chi connectivity index (χ2n) is 3.94. The summed E-state index contributed by atoms with van der Waals surface area (Å²) >= 11 is 1.72. The molecule has 0 aliphatic carbocycles. The number of thiazole rings is 1. The first-order valence-corrected chi connectivity index (χ1v) is 6.86. The van der Waals surface area contributed by atoms with Crippen LogP contribution in [0.25, 0.3) is 0 Å². The summed E-state index contributed by atoms with van der Waals surface area (Å²) in [7, 11) is 0. The summed E-state index contributed by atoms with van der Waals surface area (Å²) in [6.45, 7) is 4.21. The van der Waals surface area contributed by atoms with E-state index in [1.165, 1.54) is 5.01 Å². The number of rotatable bonds is 7. The van der Waals surface area contributed by atoms with E-state index in [9.17, 15) is 0 Å². The lowest BCUT2D eigenvalue weighted by atomic mass is 10.2. The molecule has 1 N–H and O–H groups in total. The average molecular weight is 250 g/mol. The molecule has 2 aromatic heterocycles. The molecule has 0 radical (unpaired) electrons. The van der Waals surface area contributed by atoms with E-state index in [1.807, 2.05) is 30.3 Å². The van der Waals surface area contributed by atoms with Gasteiger partial charge in [0.1, 0.15) is 5.01 Å². The summed E-state index contributed by atoms with van der Waals surface area (Å²) in [4.78, 5) is 8.38. The molecular formula is C12H18N4S. The summed E-state index contributed by atoms with van der Waals surface area (Å²) in [6, 6.07) is 0.401. The lowest BCUT2D eigenvalue weighted by Gasteiger charge is -2.14. The quantitative estimate of drug-likeness (QED) is 0.768. The van der Waals surface area contributed by atoms with Crippen LogP contribution in [0.5, 0.6) is 0 Å². The van der Waals surface area contributed by atoms with E-state index in [1.54, 1.807) is 11.3 Å². The van der Waals surface area contributed by atoms with Gasteiger partial charge in [0.15, 0.2) is 0 Å². The third-order valence-electron chi connectivity index (χ3n) is 2.70. The summed E-state index contributed by atoms with van der Waals surface area (Å²) in [5, 5.41) is 6.77. The third-order valence-corrected chi connectivity index (χ3v) is 3.59. The topological polar surface area (TPSA) is 42.7 Å². The normalized spacial score (nSPS) is 12.8. The van der Waals surface area contributed by atoms with Gasteiger partial charge in [-0.05, 0) is 19.4 Å². The van der Waals surface area contributed by atoms with Crippen molar-refractivity contribution in [1.29, 1.82) is 0 Å². The number of imidazole rings is 1. The summed E-state index contributed by atoms with van der Waals surface area (Å²) < 4.78 is 2.10. The Kier molecular flexibility index (Phi) is 4.70. The summed E-state index contributed by atoms with van der Waals surface area (Å²) in [5.74, 6) is 0. The third kappa shape index (κ3) is 3.64. The highest BCUT2D eigenvalue weighted by atomic mass is 32.1. The largest absolute Gasteiger partial charge is 0.337 e. The Balaban J connectivity index is 1.70. The molecule has 1 atom stereocenters. The molecule has 0 fully saturated rings. The van der Waals surface area contributed by atoms with Crippen molar-refractivity contribution in [2.45, 2.75) is 32.4 Å². The molecule has 0 bridgehead atoms. The number of nitrogens with one attached hydrogen (secondary N) is 1. The van der Waals surface area contributed by atoms with E-state index in [-0.39, 0.29) is 0 Å². The minimum atomic E-state index is 0.401. The number of hydrogen-bond acceptors (Lipinski definition) is 4. The first kappa shape index (κ1) is 12.3. The van der Waals surface area contributed by atoms with Crippen LogP contribution in [0.4, 0.5) is 0 Å². The number of aryl methyl sites for hydroxylation is 1. The molecule has 0 saturated heterocycles. The maximum atomic E-state index is 4.36. The van der Waals surface area contributed by atoms with Crippen LogP contribution in [0.15, 0.2) is 30.3 Å². The van der Waals surface area contributed by atoms with Crippen molar-refractivity contribution in [3.05, 3.63) is 35.3 Å². The molecule has 2 rings (SSSR count). The highest BCUT2D eigenvalue weighted by Crippen LogP contribution is 2.18. The fourth-order valence-electron chi connectivity index (χ4n) is 1.77. The van der Waals surface area contributed by atoms with E-state index in [4.69, 9.17) is 0 Å². The zero-order valence-electron chi connectivity index (χ0n) is 10.0. The highest BCUT2D eigenvalue weighted by molar-refractivity contribution is 7.09. The Morgan fingerprint density at radius 3 is 3.06 bits per heavy atom. The van der Waals surface area contributed by atoms with Crippen LogP contribution < -0.4 is 5.32 Å². The Hall–Kier alpha value is -1.20. The van der Waals surface area contributed by atoms with Gasteiger partial charge in [-0.25, -0.2) is 9.97 Å². The number of hydrogen-bond donors (Lipinski definition) is 1. The molecular weight excluding hydrogens is 232 g/mol. The first-order chi connectivity index (χ1) is 8.40. The van der Waals surface area contributed by atoms with Crippen LogP contribution in [-0.2, 0) is 6.54 Å². The first-order valence-electron chi connectivity index (χ1n) is 5.98. The Bertz CT molecular complexity index is 396.